The van der Waals surface area contributed by atoms with Crippen molar-refractivity contribution in [2.75, 3.05) is 4.72 Å². The summed E-state index contributed by atoms with van der Waals surface area (Å²) < 4.78 is 29.2. The summed E-state index contributed by atoms with van der Waals surface area (Å²) in [6, 6.07) is 15.9. The van der Waals surface area contributed by atoms with Gasteiger partial charge in [-0.2, -0.15) is 5.10 Å². The summed E-state index contributed by atoms with van der Waals surface area (Å²) in [4.78, 5) is 0.211. The van der Waals surface area contributed by atoms with Crippen molar-refractivity contribution < 1.29 is 8.42 Å². The Morgan fingerprint density at radius 3 is 2.32 bits per heavy atom. The first kappa shape index (κ1) is 17.5. The number of rotatable bonds is 5. The van der Waals surface area contributed by atoms with Gasteiger partial charge in [-0.05, 0) is 43.7 Å². The third-order valence-electron chi connectivity index (χ3n) is 3.80. The first-order chi connectivity index (χ1) is 11.8. The van der Waals surface area contributed by atoms with Crippen LogP contribution in [0, 0.1) is 13.8 Å². The molecule has 0 spiro atoms. The molecule has 0 amide bonds. The highest BCUT2D eigenvalue weighted by molar-refractivity contribution is 7.92. The minimum Gasteiger partial charge on any atom is -0.263 e. The molecule has 130 valence electrons. The highest BCUT2D eigenvalue weighted by Gasteiger charge is 2.16. The molecule has 0 unspecified atom stereocenters. The van der Waals surface area contributed by atoms with Gasteiger partial charge in [0.05, 0.1) is 11.4 Å². The van der Waals surface area contributed by atoms with E-state index >= 15 is 0 Å². The van der Waals surface area contributed by atoms with E-state index in [0.29, 0.717) is 17.4 Å². The smallest absolute Gasteiger partial charge is 0.263 e. The Hall–Kier alpha value is -2.31. The van der Waals surface area contributed by atoms with E-state index in [1.54, 1.807) is 35.0 Å². The van der Waals surface area contributed by atoms with Gasteiger partial charge in [-0.25, -0.2) is 8.42 Å². The SMILES string of the molecule is Cc1ccc(S(=O)(=O)Nc2cc(C)n(Cc3ccc(Cl)cc3)n2)cc1. The van der Waals surface area contributed by atoms with E-state index in [-0.39, 0.29) is 4.90 Å². The Labute approximate surface area is 152 Å². The number of sulfonamides is 1. The van der Waals surface area contributed by atoms with Crippen LogP contribution in [0.4, 0.5) is 5.82 Å². The molecule has 0 atom stereocenters. The fraction of sp³-hybridized carbons (Fsp3) is 0.167. The standard InChI is InChI=1S/C18H18ClN3O2S/c1-13-3-9-17(10-4-13)25(23,24)21-18-11-14(2)22(20-18)12-15-5-7-16(19)8-6-15/h3-11H,12H2,1-2H3,(H,20,21). The Morgan fingerprint density at radius 2 is 1.68 bits per heavy atom. The quantitative estimate of drug-likeness (QED) is 0.733. The van der Waals surface area contributed by atoms with E-state index in [4.69, 9.17) is 11.6 Å². The van der Waals surface area contributed by atoms with E-state index in [9.17, 15) is 8.42 Å². The van der Waals surface area contributed by atoms with Crippen LogP contribution in [-0.2, 0) is 16.6 Å². The summed E-state index contributed by atoms with van der Waals surface area (Å²) in [5, 5.41) is 5.02. The monoisotopic (exact) mass is 375 g/mol. The van der Waals surface area contributed by atoms with Crippen LogP contribution in [0.2, 0.25) is 5.02 Å². The molecule has 0 aliphatic heterocycles. The van der Waals surface area contributed by atoms with Crippen molar-refractivity contribution in [1.29, 1.82) is 0 Å². The molecule has 1 aromatic heterocycles. The Balaban J connectivity index is 1.80. The van der Waals surface area contributed by atoms with E-state index in [1.165, 1.54) is 0 Å². The average molecular weight is 376 g/mol. The summed E-state index contributed by atoms with van der Waals surface area (Å²) in [6.45, 7) is 4.33. The van der Waals surface area contributed by atoms with Gasteiger partial charge in [0, 0.05) is 16.8 Å². The molecule has 0 aliphatic rings. The number of halogens is 1. The van der Waals surface area contributed by atoms with Gasteiger partial charge in [-0.1, -0.05) is 41.4 Å². The van der Waals surface area contributed by atoms with E-state index in [0.717, 1.165) is 16.8 Å². The van der Waals surface area contributed by atoms with Crippen molar-refractivity contribution in [3.8, 4) is 0 Å². The largest absolute Gasteiger partial charge is 0.263 e. The highest BCUT2D eigenvalue weighted by atomic mass is 35.5. The number of aromatic nitrogens is 2. The molecule has 0 bridgehead atoms. The van der Waals surface area contributed by atoms with Crippen LogP contribution < -0.4 is 4.72 Å². The molecule has 0 aliphatic carbocycles. The minimum absolute atomic E-state index is 0.211. The fourth-order valence-corrected chi connectivity index (χ4v) is 3.51. The normalized spacial score (nSPS) is 11.5. The van der Waals surface area contributed by atoms with Crippen molar-refractivity contribution in [1.82, 2.24) is 9.78 Å². The molecular weight excluding hydrogens is 358 g/mol. The van der Waals surface area contributed by atoms with Crippen LogP contribution >= 0.6 is 11.6 Å². The highest BCUT2D eigenvalue weighted by Crippen LogP contribution is 2.18. The van der Waals surface area contributed by atoms with Gasteiger partial charge in [-0.3, -0.25) is 9.40 Å². The molecule has 1 heterocycles. The number of benzene rings is 2. The third kappa shape index (κ3) is 4.21. The molecule has 7 heteroatoms. The molecule has 25 heavy (non-hydrogen) atoms. The van der Waals surface area contributed by atoms with Gasteiger partial charge >= 0.3 is 0 Å². The molecule has 2 aromatic carbocycles. The second kappa shape index (κ2) is 6.90. The Kier molecular flexibility index (Phi) is 4.83. The first-order valence-corrected chi connectivity index (χ1v) is 9.58. The van der Waals surface area contributed by atoms with Crippen LogP contribution in [0.5, 0.6) is 0 Å². The molecule has 3 aromatic rings. The number of hydrogen-bond donors (Lipinski definition) is 1. The second-order valence-corrected chi connectivity index (χ2v) is 7.99. The number of aryl methyl sites for hydroxylation is 2. The van der Waals surface area contributed by atoms with Gasteiger partial charge in [0.25, 0.3) is 10.0 Å². The maximum atomic E-state index is 12.5. The van der Waals surface area contributed by atoms with Gasteiger partial charge in [0.1, 0.15) is 0 Å². The minimum atomic E-state index is -3.66. The zero-order valence-electron chi connectivity index (χ0n) is 13.9. The topological polar surface area (TPSA) is 64.0 Å². The summed E-state index contributed by atoms with van der Waals surface area (Å²) in [7, 11) is -3.66. The second-order valence-electron chi connectivity index (χ2n) is 5.87. The van der Waals surface area contributed by atoms with Gasteiger partial charge in [-0.15, -0.1) is 0 Å². The predicted octanol–water partition coefficient (Wildman–Crippen LogP) is 4.00. The predicted molar refractivity (Wildman–Crippen MR) is 99.5 cm³/mol. The fourth-order valence-electron chi connectivity index (χ4n) is 2.40. The molecule has 5 nitrogen and oxygen atoms in total. The van der Waals surface area contributed by atoms with Crippen LogP contribution in [0.25, 0.3) is 0 Å². The molecule has 0 saturated heterocycles. The number of nitrogens with zero attached hydrogens (tertiary/aromatic N) is 2. The van der Waals surface area contributed by atoms with Gasteiger partial charge in [0.15, 0.2) is 5.82 Å². The summed E-state index contributed by atoms with van der Waals surface area (Å²) >= 11 is 5.89. The molecule has 1 N–H and O–H groups in total. The average Bonchev–Trinajstić information content (AvgIpc) is 2.88. The summed E-state index contributed by atoms with van der Waals surface area (Å²) in [5.74, 6) is 0.298. The van der Waals surface area contributed by atoms with Gasteiger partial charge < -0.3 is 0 Å². The van der Waals surface area contributed by atoms with E-state index < -0.39 is 10.0 Å². The third-order valence-corrected chi connectivity index (χ3v) is 5.42. The lowest BCUT2D eigenvalue weighted by Gasteiger charge is -2.06. The number of nitrogens with one attached hydrogen (secondary N) is 1. The van der Waals surface area contributed by atoms with Crippen molar-refractivity contribution >= 4 is 27.4 Å². The maximum absolute atomic E-state index is 12.5. The maximum Gasteiger partial charge on any atom is 0.263 e. The molecule has 3 rings (SSSR count). The first-order valence-electron chi connectivity index (χ1n) is 7.72. The lowest BCUT2D eigenvalue weighted by molar-refractivity contribution is 0.600. The van der Waals surface area contributed by atoms with E-state index in [1.807, 2.05) is 38.1 Å². The lowest BCUT2D eigenvalue weighted by Crippen LogP contribution is -2.13. The van der Waals surface area contributed by atoms with Crippen LogP contribution in [-0.4, -0.2) is 18.2 Å². The van der Waals surface area contributed by atoms with E-state index in [2.05, 4.69) is 9.82 Å². The van der Waals surface area contributed by atoms with Crippen molar-refractivity contribution in [3.05, 3.63) is 76.4 Å². The van der Waals surface area contributed by atoms with Crippen LogP contribution in [0.1, 0.15) is 16.8 Å². The Bertz CT molecular complexity index is 978. The molecule has 0 fully saturated rings. The zero-order chi connectivity index (χ0) is 18.0. The zero-order valence-corrected chi connectivity index (χ0v) is 15.5. The van der Waals surface area contributed by atoms with Crippen LogP contribution in [0.15, 0.2) is 59.5 Å². The summed E-state index contributed by atoms with van der Waals surface area (Å²) in [6.07, 6.45) is 0. The van der Waals surface area contributed by atoms with Crippen molar-refractivity contribution in [2.24, 2.45) is 0 Å². The molecule has 0 radical (unpaired) electrons. The molecule has 0 saturated carbocycles. The Morgan fingerprint density at radius 1 is 1.04 bits per heavy atom. The lowest BCUT2D eigenvalue weighted by atomic mass is 10.2. The summed E-state index contributed by atoms with van der Waals surface area (Å²) in [5.41, 5.74) is 2.89. The van der Waals surface area contributed by atoms with Crippen molar-refractivity contribution in [3.63, 3.8) is 0 Å². The van der Waals surface area contributed by atoms with Gasteiger partial charge in [0.2, 0.25) is 0 Å². The van der Waals surface area contributed by atoms with Crippen LogP contribution in [0.3, 0.4) is 0 Å². The number of anilines is 1. The van der Waals surface area contributed by atoms with Crippen molar-refractivity contribution in [2.45, 2.75) is 25.3 Å². The number of hydrogen-bond acceptors (Lipinski definition) is 3. The molecular formula is C18H18ClN3O2S.